The van der Waals surface area contributed by atoms with Crippen molar-refractivity contribution in [2.45, 2.75) is 23.6 Å². The molecule has 2 aromatic rings. The Morgan fingerprint density at radius 1 is 1.43 bits per heavy atom. The van der Waals surface area contributed by atoms with Crippen LogP contribution in [0.3, 0.4) is 0 Å². The first-order valence-corrected chi connectivity index (χ1v) is 9.90. The van der Waals surface area contributed by atoms with Crippen molar-refractivity contribution in [2.75, 3.05) is 32.0 Å². The number of halogens is 4. The number of likely N-dealkylation sites (tertiary alicyclic amines) is 1. The molecule has 0 unspecified atom stereocenters. The Bertz CT molecular complexity index is 975. The summed E-state index contributed by atoms with van der Waals surface area (Å²) in [6.07, 6.45) is -2.33. The van der Waals surface area contributed by atoms with Crippen molar-refractivity contribution in [1.82, 2.24) is 9.88 Å². The molecule has 30 heavy (non-hydrogen) atoms. The largest absolute Gasteiger partial charge is 0.417 e. The van der Waals surface area contributed by atoms with Gasteiger partial charge in [-0.2, -0.15) is 13.2 Å². The third-order valence-corrected chi connectivity index (χ3v) is 5.78. The number of nitrogens with zero attached hydrogens (tertiary/aromatic N) is 2. The van der Waals surface area contributed by atoms with Gasteiger partial charge in [0.05, 0.1) is 17.0 Å². The van der Waals surface area contributed by atoms with Crippen LogP contribution in [0, 0.1) is 0 Å². The molecule has 1 saturated heterocycles. The third kappa shape index (κ3) is 4.63. The maximum atomic E-state index is 14.8. The standard InChI is InChI=1S/C21H24F4N4S/c1-13(21(23,24)25)19-15-6-3-7-17(16(15)11-14(27-19)5-4-9-26)28-20(30)8-10-29(2)12-18(20)22/h3-7,11,18,28,30H,1,8-10,12,26H2,2H3/b5-4+/t18-,20+/m0/s1. The summed E-state index contributed by atoms with van der Waals surface area (Å²) in [5.41, 5.74) is 4.94. The van der Waals surface area contributed by atoms with Crippen LogP contribution in [0.2, 0.25) is 0 Å². The zero-order valence-electron chi connectivity index (χ0n) is 16.5. The van der Waals surface area contributed by atoms with Crippen LogP contribution < -0.4 is 11.1 Å². The van der Waals surface area contributed by atoms with Crippen LogP contribution in [0.5, 0.6) is 0 Å². The highest BCUT2D eigenvalue weighted by atomic mass is 32.1. The summed E-state index contributed by atoms with van der Waals surface area (Å²) < 4.78 is 55.0. The molecule has 0 aliphatic carbocycles. The van der Waals surface area contributed by atoms with Crippen LogP contribution in [-0.4, -0.2) is 53.8 Å². The second-order valence-electron chi connectivity index (χ2n) is 7.44. The minimum absolute atomic E-state index is 0.212. The van der Waals surface area contributed by atoms with E-state index in [1.807, 2.05) is 11.9 Å². The fourth-order valence-corrected chi connectivity index (χ4v) is 3.75. The van der Waals surface area contributed by atoms with Gasteiger partial charge in [-0.1, -0.05) is 24.8 Å². The number of anilines is 1. The number of pyridine rings is 1. The summed E-state index contributed by atoms with van der Waals surface area (Å²) in [5.74, 6) is 0. The molecule has 4 nitrogen and oxygen atoms in total. The second kappa shape index (κ2) is 8.56. The molecule has 162 valence electrons. The smallest absolute Gasteiger partial charge is 0.368 e. The molecular formula is C21H24F4N4S. The van der Waals surface area contributed by atoms with Gasteiger partial charge in [0, 0.05) is 36.1 Å². The Hall–Kier alpha value is -2.10. The highest BCUT2D eigenvalue weighted by Crippen LogP contribution is 2.39. The molecule has 1 aromatic heterocycles. The van der Waals surface area contributed by atoms with Gasteiger partial charge in [0.1, 0.15) is 11.0 Å². The summed E-state index contributed by atoms with van der Waals surface area (Å²) in [7, 11) is 1.83. The predicted octanol–water partition coefficient (Wildman–Crippen LogP) is 4.49. The first-order chi connectivity index (χ1) is 14.0. The summed E-state index contributed by atoms with van der Waals surface area (Å²) >= 11 is 4.56. The topological polar surface area (TPSA) is 54.2 Å². The third-order valence-electron chi connectivity index (χ3n) is 5.16. The summed E-state index contributed by atoms with van der Waals surface area (Å²) in [6.45, 7) is 4.28. The van der Waals surface area contributed by atoms with Gasteiger partial charge in [0.15, 0.2) is 0 Å². The van der Waals surface area contributed by atoms with Crippen molar-refractivity contribution < 1.29 is 17.6 Å². The Labute approximate surface area is 178 Å². The molecule has 3 N–H and O–H groups in total. The van der Waals surface area contributed by atoms with Gasteiger partial charge in [-0.3, -0.25) is 0 Å². The van der Waals surface area contributed by atoms with E-state index in [4.69, 9.17) is 5.73 Å². The average molecular weight is 441 g/mol. The molecule has 0 spiro atoms. The van der Waals surface area contributed by atoms with E-state index < -0.39 is 22.8 Å². The molecule has 1 aromatic carbocycles. The lowest BCUT2D eigenvalue weighted by Gasteiger charge is -2.41. The molecule has 0 bridgehead atoms. The molecule has 1 aliphatic rings. The van der Waals surface area contributed by atoms with E-state index >= 15 is 0 Å². The Balaban J connectivity index is 2.14. The number of nitrogens with two attached hydrogens (primary N) is 1. The number of piperidine rings is 1. The van der Waals surface area contributed by atoms with Crippen molar-refractivity contribution in [1.29, 1.82) is 0 Å². The van der Waals surface area contributed by atoms with Crippen LogP contribution in [-0.2, 0) is 0 Å². The average Bonchev–Trinajstić information content (AvgIpc) is 2.68. The number of aromatic nitrogens is 1. The Morgan fingerprint density at radius 3 is 2.80 bits per heavy atom. The first-order valence-electron chi connectivity index (χ1n) is 9.45. The second-order valence-corrected chi connectivity index (χ2v) is 8.24. The highest BCUT2D eigenvalue weighted by Gasteiger charge is 2.40. The number of nitrogens with one attached hydrogen (secondary N) is 1. The lowest BCUT2D eigenvalue weighted by molar-refractivity contribution is -0.0688. The molecule has 9 heteroatoms. The monoisotopic (exact) mass is 440 g/mol. The molecular weight excluding hydrogens is 416 g/mol. The van der Waals surface area contributed by atoms with Gasteiger partial charge < -0.3 is 16.0 Å². The maximum absolute atomic E-state index is 14.8. The normalized spacial score (nSPS) is 23.2. The number of hydrogen-bond acceptors (Lipinski definition) is 5. The van der Waals surface area contributed by atoms with E-state index in [0.29, 0.717) is 29.7 Å². The predicted molar refractivity (Wildman–Crippen MR) is 117 cm³/mol. The molecule has 0 radical (unpaired) electrons. The van der Waals surface area contributed by atoms with Crippen molar-refractivity contribution in [2.24, 2.45) is 5.73 Å². The molecule has 3 rings (SSSR count). The minimum atomic E-state index is -4.64. The Morgan fingerprint density at radius 2 is 2.17 bits per heavy atom. The molecule has 0 amide bonds. The maximum Gasteiger partial charge on any atom is 0.417 e. The number of thiol groups is 1. The number of fused-ring (bicyclic) bond motifs is 1. The van der Waals surface area contributed by atoms with Crippen molar-refractivity contribution in [3.63, 3.8) is 0 Å². The van der Waals surface area contributed by atoms with Gasteiger partial charge in [-0.15, -0.1) is 12.6 Å². The van der Waals surface area contributed by atoms with Gasteiger partial charge in [0.2, 0.25) is 0 Å². The van der Waals surface area contributed by atoms with E-state index in [-0.39, 0.29) is 24.2 Å². The molecule has 2 heterocycles. The van der Waals surface area contributed by atoms with Crippen molar-refractivity contribution >= 4 is 40.7 Å². The zero-order valence-corrected chi connectivity index (χ0v) is 17.4. The van der Waals surface area contributed by atoms with Crippen LogP contribution in [0.1, 0.15) is 17.8 Å². The molecule has 1 fully saturated rings. The number of benzene rings is 1. The van der Waals surface area contributed by atoms with Gasteiger partial charge in [0.25, 0.3) is 0 Å². The first kappa shape index (κ1) is 22.6. The Kier molecular flexibility index (Phi) is 6.45. The molecule has 2 atom stereocenters. The number of allylic oxidation sites excluding steroid dienone is 1. The van der Waals surface area contributed by atoms with E-state index in [1.54, 1.807) is 36.4 Å². The molecule has 0 saturated carbocycles. The highest BCUT2D eigenvalue weighted by molar-refractivity contribution is 7.82. The summed E-state index contributed by atoms with van der Waals surface area (Å²) in [4.78, 5) is 4.88. The SMILES string of the molecule is C=C(c1nc(/C=C/CN)cc2c(N[C@@]3(S)CCN(C)C[C@@H]3F)cccc12)C(F)(F)F. The number of hydrogen-bond donors (Lipinski definition) is 3. The zero-order chi connectivity index (χ0) is 22.1. The van der Waals surface area contributed by atoms with Crippen LogP contribution >= 0.6 is 12.6 Å². The van der Waals surface area contributed by atoms with Crippen LogP contribution in [0.15, 0.2) is 36.9 Å². The van der Waals surface area contributed by atoms with Gasteiger partial charge >= 0.3 is 6.18 Å². The van der Waals surface area contributed by atoms with Crippen molar-refractivity contribution in [3.8, 4) is 0 Å². The summed E-state index contributed by atoms with van der Waals surface area (Å²) in [6, 6.07) is 6.50. The van der Waals surface area contributed by atoms with E-state index in [9.17, 15) is 17.6 Å². The van der Waals surface area contributed by atoms with Crippen LogP contribution in [0.4, 0.5) is 23.2 Å². The number of rotatable bonds is 5. The molecule has 1 aliphatic heterocycles. The number of alkyl halides is 4. The van der Waals surface area contributed by atoms with Gasteiger partial charge in [-0.05, 0) is 31.7 Å². The lowest BCUT2D eigenvalue weighted by atomic mass is 9.99. The fraction of sp³-hybridized carbons (Fsp3) is 0.381. The minimum Gasteiger partial charge on any atom is -0.368 e. The van der Waals surface area contributed by atoms with Crippen LogP contribution in [0.25, 0.3) is 22.4 Å². The van der Waals surface area contributed by atoms with Crippen molar-refractivity contribution in [3.05, 3.63) is 48.3 Å². The summed E-state index contributed by atoms with van der Waals surface area (Å²) in [5, 5.41) is 3.88. The van der Waals surface area contributed by atoms with E-state index in [0.717, 1.165) is 0 Å². The van der Waals surface area contributed by atoms with E-state index in [2.05, 4.69) is 29.5 Å². The fourth-order valence-electron chi connectivity index (χ4n) is 3.45. The lowest BCUT2D eigenvalue weighted by Crippen LogP contribution is -2.53. The van der Waals surface area contributed by atoms with Gasteiger partial charge in [-0.25, -0.2) is 9.37 Å². The van der Waals surface area contributed by atoms with E-state index in [1.165, 1.54) is 0 Å². The quantitative estimate of drug-likeness (QED) is 0.364.